The molecule has 1 aliphatic rings. The van der Waals surface area contributed by atoms with Gasteiger partial charge in [-0.05, 0) is 12.8 Å². The second-order valence-electron chi connectivity index (χ2n) is 3.17. The highest BCUT2D eigenvalue weighted by molar-refractivity contribution is 5.95. The molecule has 0 radical (unpaired) electrons. The number of hydrogen-bond donors (Lipinski definition) is 1. The van der Waals surface area contributed by atoms with Crippen molar-refractivity contribution in [3.8, 4) is 12.3 Å². The first-order chi connectivity index (χ1) is 5.49. The van der Waals surface area contributed by atoms with E-state index in [2.05, 4.69) is 0 Å². The fourth-order valence-electron chi connectivity index (χ4n) is 1.17. The summed E-state index contributed by atoms with van der Waals surface area (Å²) < 4.78 is 0. The van der Waals surface area contributed by atoms with Gasteiger partial charge in [0, 0.05) is 13.1 Å². The molecule has 0 atom stereocenters. The highest BCUT2D eigenvalue weighted by Crippen LogP contribution is 2.29. The van der Waals surface area contributed by atoms with E-state index in [4.69, 9.17) is 11.5 Å². The van der Waals surface area contributed by atoms with Crippen molar-refractivity contribution in [3.63, 3.8) is 0 Å². The molecule has 0 aromatic carbocycles. The molecule has 1 saturated heterocycles. The van der Waals surface area contributed by atoms with Gasteiger partial charge in [-0.1, -0.05) is 0 Å². The van der Waals surface area contributed by atoms with E-state index in [0.717, 1.165) is 0 Å². The molecule has 1 aliphatic heterocycles. The summed E-state index contributed by atoms with van der Waals surface area (Å²) in [6.07, 6.45) is 4.86. The van der Waals surface area contributed by atoms with Gasteiger partial charge in [0.2, 0.25) is 0 Å². The van der Waals surface area contributed by atoms with Gasteiger partial charge in [0.25, 0.3) is 5.91 Å². The van der Waals surface area contributed by atoms with Crippen LogP contribution in [-0.4, -0.2) is 35.0 Å². The second kappa shape index (κ2) is 2.52. The third-order valence-corrected chi connectivity index (χ3v) is 2.01. The number of rotatable bonds is 1. The maximum atomic E-state index is 10.8. The Morgan fingerprint density at radius 2 is 2.08 bits per heavy atom. The average Bonchev–Trinajstić information content (AvgIpc) is 1.96. The molecule has 0 aromatic heterocycles. The first kappa shape index (κ1) is 8.60. The molecule has 0 aliphatic carbocycles. The lowest BCUT2D eigenvalue weighted by Crippen LogP contribution is -2.60. The first-order valence-electron chi connectivity index (χ1n) is 3.48. The Balaban J connectivity index is 2.54. The number of terminal acetylenes is 1. The Morgan fingerprint density at radius 3 is 2.42 bits per heavy atom. The molecule has 64 valence electrons. The molecule has 1 amide bonds. The topological polar surface area (TPSA) is 57.6 Å². The molecule has 4 heteroatoms. The Labute approximate surface area is 70.2 Å². The zero-order chi connectivity index (χ0) is 9.35. The van der Waals surface area contributed by atoms with Crippen LogP contribution in [0.25, 0.3) is 0 Å². The van der Waals surface area contributed by atoms with Crippen LogP contribution in [0.2, 0.25) is 0 Å². The molecule has 12 heavy (non-hydrogen) atoms. The average molecular weight is 167 g/mol. The number of carboxylic acids is 1. The van der Waals surface area contributed by atoms with E-state index in [1.165, 1.54) is 4.90 Å². The standard InChI is InChI=1S/C8H9NO3/c1-3-6(10)9-4-8(2,5-9)7(11)12/h1H,4-5H2,2H3,(H,11,12). The van der Waals surface area contributed by atoms with Gasteiger partial charge in [-0.25, -0.2) is 0 Å². The summed E-state index contributed by atoms with van der Waals surface area (Å²) in [7, 11) is 0. The number of aliphatic carboxylic acids is 1. The van der Waals surface area contributed by atoms with Crippen LogP contribution in [0.15, 0.2) is 0 Å². The van der Waals surface area contributed by atoms with Crippen molar-refractivity contribution in [2.24, 2.45) is 5.41 Å². The number of carbonyl (C=O) groups excluding carboxylic acids is 1. The minimum Gasteiger partial charge on any atom is -0.481 e. The summed E-state index contributed by atoms with van der Waals surface area (Å²) in [5.74, 6) is 0.616. The van der Waals surface area contributed by atoms with Crippen LogP contribution >= 0.6 is 0 Å². The molecular weight excluding hydrogens is 158 g/mol. The van der Waals surface area contributed by atoms with Crippen molar-refractivity contribution in [2.45, 2.75) is 6.92 Å². The van der Waals surface area contributed by atoms with Crippen LogP contribution in [0.1, 0.15) is 6.92 Å². The molecule has 0 aromatic rings. The SMILES string of the molecule is C#CC(=O)N1CC(C)(C(=O)O)C1. The highest BCUT2D eigenvalue weighted by Gasteiger charge is 2.46. The van der Waals surface area contributed by atoms with Crippen molar-refractivity contribution in [1.29, 1.82) is 0 Å². The number of carboxylic acid groups (broad SMARTS) is 1. The molecule has 1 rings (SSSR count). The molecule has 4 nitrogen and oxygen atoms in total. The van der Waals surface area contributed by atoms with Crippen LogP contribution in [0.4, 0.5) is 0 Å². The Hall–Kier alpha value is -1.50. The zero-order valence-electron chi connectivity index (χ0n) is 6.70. The predicted molar refractivity (Wildman–Crippen MR) is 41.2 cm³/mol. The first-order valence-corrected chi connectivity index (χ1v) is 3.48. The fraction of sp³-hybridized carbons (Fsp3) is 0.500. The second-order valence-corrected chi connectivity index (χ2v) is 3.17. The van der Waals surface area contributed by atoms with E-state index in [9.17, 15) is 9.59 Å². The Morgan fingerprint density at radius 1 is 1.58 bits per heavy atom. The third kappa shape index (κ3) is 1.14. The van der Waals surface area contributed by atoms with Crippen molar-refractivity contribution >= 4 is 11.9 Å². The van der Waals surface area contributed by atoms with E-state index < -0.39 is 17.3 Å². The smallest absolute Gasteiger partial charge is 0.312 e. The summed E-state index contributed by atoms with van der Waals surface area (Å²) in [6, 6.07) is 0. The van der Waals surface area contributed by atoms with E-state index in [0.29, 0.717) is 0 Å². The van der Waals surface area contributed by atoms with Crippen LogP contribution in [0.3, 0.4) is 0 Å². The minimum absolute atomic E-state index is 0.214. The van der Waals surface area contributed by atoms with Gasteiger partial charge in [0.1, 0.15) is 5.41 Å². The number of amides is 1. The number of hydrogen-bond acceptors (Lipinski definition) is 2. The van der Waals surface area contributed by atoms with Gasteiger partial charge >= 0.3 is 5.97 Å². The van der Waals surface area contributed by atoms with Gasteiger partial charge in [-0.15, -0.1) is 6.42 Å². The quantitative estimate of drug-likeness (QED) is 0.538. The molecular formula is C8H9NO3. The van der Waals surface area contributed by atoms with Crippen molar-refractivity contribution < 1.29 is 14.7 Å². The van der Waals surface area contributed by atoms with Crippen molar-refractivity contribution in [3.05, 3.63) is 0 Å². The summed E-state index contributed by atoms with van der Waals surface area (Å²) in [4.78, 5) is 22.7. The predicted octanol–water partition coefficient (Wildman–Crippen LogP) is -0.447. The molecule has 0 bridgehead atoms. The summed E-state index contributed by atoms with van der Waals surface area (Å²) >= 11 is 0. The third-order valence-electron chi connectivity index (χ3n) is 2.01. The lowest BCUT2D eigenvalue weighted by Gasteiger charge is -2.43. The van der Waals surface area contributed by atoms with Crippen LogP contribution < -0.4 is 0 Å². The number of nitrogens with zero attached hydrogens (tertiary/aromatic N) is 1. The Kier molecular flexibility index (Phi) is 1.81. The summed E-state index contributed by atoms with van der Waals surface area (Å²) in [6.45, 7) is 2.02. The summed E-state index contributed by atoms with van der Waals surface area (Å²) in [5, 5.41) is 8.68. The fourth-order valence-corrected chi connectivity index (χ4v) is 1.17. The summed E-state index contributed by atoms with van der Waals surface area (Å²) in [5.41, 5.74) is -0.799. The van der Waals surface area contributed by atoms with Gasteiger partial charge in [0.15, 0.2) is 0 Å². The number of carbonyl (C=O) groups is 2. The lowest BCUT2D eigenvalue weighted by molar-refractivity contribution is -0.161. The largest absolute Gasteiger partial charge is 0.481 e. The normalized spacial score (nSPS) is 19.2. The van der Waals surface area contributed by atoms with E-state index in [1.807, 2.05) is 5.92 Å². The maximum absolute atomic E-state index is 10.8. The van der Waals surface area contributed by atoms with E-state index in [-0.39, 0.29) is 13.1 Å². The minimum atomic E-state index is -0.886. The maximum Gasteiger partial charge on any atom is 0.312 e. The number of likely N-dealkylation sites (tertiary alicyclic amines) is 1. The molecule has 0 saturated carbocycles. The molecule has 1 heterocycles. The molecule has 0 unspecified atom stereocenters. The van der Waals surface area contributed by atoms with Crippen molar-refractivity contribution in [1.82, 2.24) is 4.90 Å². The van der Waals surface area contributed by atoms with Crippen LogP contribution in [-0.2, 0) is 9.59 Å². The van der Waals surface area contributed by atoms with Gasteiger partial charge in [-0.3, -0.25) is 9.59 Å². The lowest BCUT2D eigenvalue weighted by atomic mass is 9.82. The Bertz CT molecular complexity index is 271. The zero-order valence-corrected chi connectivity index (χ0v) is 6.70. The van der Waals surface area contributed by atoms with Crippen molar-refractivity contribution in [2.75, 3.05) is 13.1 Å². The van der Waals surface area contributed by atoms with Gasteiger partial charge < -0.3 is 10.0 Å². The van der Waals surface area contributed by atoms with Gasteiger partial charge in [0.05, 0.1) is 0 Å². The van der Waals surface area contributed by atoms with E-state index >= 15 is 0 Å². The van der Waals surface area contributed by atoms with E-state index in [1.54, 1.807) is 6.92 Å². The monoisotopic (exact) mass is 167 g/mol. The molecule has 0 spiro atoms. The van der Waals surface area contributed by atoms with Crippen LogP contribution in [0, 0.1) is 17.8 Å². The van der Waals surface area contributed by atoms with Gasteiger partial charge in [-0.2, -0.15) is 0 Å². The highest BCUT2D eigenvalue weighted by atomic mass is 16.4. The van der Waals surface area contributed by atoms with Crippen LogP contribution in [0.5, 0.6) is 0 Å². The molecule has 1 fully saturated rings. The molecule has 1 N–H and O–H groups in total.